The molecule has 1 aromatic heterocycles. The number of carbonyl (C=O) groups is 2. The van der Waals surface area contributed by atoms with E-state index in [1.807, 2.05) is 30.3 Å². The number of aliphatic hydroxyl groups excluding tert-OH is 1. The van der Waals surface area contributed by atoms with E-state index < -0.39 is 35.0 Å². The van der Waals surface area contributed by atoms with E-state index in [0.717, 1.165) is 5.39 Å². The number of pyridine rings is 1. The summed E-state index contributed by atoms with van der Waals surface area (Å²) in [4.78, 5) is 37.2. The van der Waals surface area contributed by atoms with Gasteiger partial charge < -0.3 is 14.6 Å². The number of rotatable bonds is 5. The van der Waals surface area contributed by atoms with Crippen LogP contribution in [0.2, 0.25) is 5.02 Å². The molecule has 4 aromatic rings. The van der Waals surface area contributed by atoms with Crippen molar-refractivity contribution < 1.29 is 24.2 Å². The molecule has 5 atom stereocenters. The van der Waals surface area contributed by atoms with Crippen molar-refractivity contribution in [2.75, 3.05) is 11.5 Å². The van der Waals surface area contributed by atoms with Crippen molar-refractivity contribution in [3.63, 3.8) is 0 Å². The van der Waals surface area contributed by atoms with E-state index in [4.69, 9.17) is 27.6 Å². The molecule has 3 aliphatic rings. The fraction of sp³-hybridized carbons (Fsp3) is 0.290. The number of halogens is 1. The first kappa shape index (κ1) is 25.0. The molecule has 4 heterocycles. The van der Waals surface area contributed by atoms with E-state index in [1.165, 1.54) is 4.90 Å². The Labute approximate surface area is 234 Å². The molecular formula is C31H24ClN3O5. The van der Waals surface area contributed by atoms with Crippen LogP contribution in [0.25, 0.3) is 26.5 Å². The van der Waals surface area contributed by atoms with Gasteiger partial charge in [-0.25, -0.2) is 9.74 Å². The summed E-state index contributed by atoms with van der Waals surface area (Å²) < 4.78 is 12.6. The van der Waals surface area contributed by atoms with E-state index in [9.17, 15) is 14.7 Å². The summed E-state index contributed by atoms with van der Waals surface area (Å²) in [5.41, 5.74) is -0.660. The van der Waals surface area contributed by atoms with Crippen LogP contribution in [0.3, 0.4) is 0 Å². The smallest absolute Gasteiger partial charge is 0.240 e. The molecule has 3 fully saturated rings. The predicted octanol–water partition coefficient (Wildman–Crippen LogP) is 5.46. The maximum atomic E-state index is 14.1. The van der Waals surface area contributed by atoms with E-state index in [2.05, 4.69) is 9.83 Å². The number of benzene rings is 3. The Bertz CT molecular complexity index is 1790. The van der Waals surface area contributed by atoms with Crippen LogP contribution in [-0.2, 0) is 14.3 Å². The highest BCUT2D eigenvalue weighted by Crippen LogP contribution is 2.62. The van der Waals surface area contributed by atoms with Crippen molar-refractivity contribution in [3.8, 4) is 5.75 Å². The third kappa shape index (κ3) is 3.35. The van der Waals surface area contributed by atoms with Gasteiger partial charge in [-0.2, -0.15) is 0 Å². The third-order valence-electron chi connectivity index (χ3n) is 8.80. The zero-order valence-electron chi connectivity index (χ0n) is 21.5. The van der Waals surface area contributed by atoms with E-state index in [0.29, 0.717) is 44.9 Å². The average Bonchev–Trinajstić information content (AvgIpc) is 3.48. The van der Waals surface area contributed by atoms with Crippen molar-refractivity contribution in [2.45, 2.75) is 37.1 Å². The fourth-order valence-corrected chi connectivity index (χ4v) is 7.14. The summed E-state index contributed by atoms with van der Waals surface area (Å²) in [5, 5.41) is 13.8. The van der Waals surface area contributed by atoms with Gasteiger partial charge in [-0.1, -0.05) is 41.9 Å². The zero-order valence-corrected chi connectivity index (χ0v) is 22.3. The summed E-state index contributed by atoms with van der Waals surface area (Å²) in [7, 11) is 0. The van der Waals surface area contributed by atoms with Crippen LogP contribution in [0.15, 0.2) is 66.9 Å². The quantitative estimate of drug-likeness (QED) is 0.261. The van der Waals surface area contributed by atoms with Crippen molar-refractivity contribution in [1.82, 2.24) is 4.98 Å². The first-order chi connectivity index (χ1) is 19.3. The second-order valence-electron chi connectivity index (χ2n) is 10.9. The lowest BCUT2D eigenvalue weighted by atomic mass is 9.66. The molecular weight excluding hydrogens is 530 g/mol. The van der Waals surface area contributed by atoms with Gasteiger partial charge in [0.2, 0.25) is 11.8 Å². The Morgan fingerprint density at radius 3 is 2.67 bits per heavy atom. The molecule has 0 saturated carbocycles. The minimum atomic E-state index is -1.20. The Hall–Kier alpha value is -4.03. The molecule has 9 heteroatoms. The van der Waals surface area contributed by atoms with Crippen LogP contribution >= 0.6 is 11.6 Å². The number of fused-ring (bicyclic) bond motifs is 7. The molecule has 0 spiro atoms. The van der Waals surface area contributed by atoms with E-state index in [-0.39, 0.29) is 18.9 Å². The Morgan fingerprint density at radius 2 is 1.88 bits per heavy atom. The predicted molar refractivity (Wildman–Crippen MR) is 149 cm³/mol. The zero-order chi connectivity index (χ0) is 27.8. The largest absolute Gasteiger partial charge is 0.493 e. The first-order valence-corrected chi connectivity index (χ1v) is 13.5. The summed E-state index contributed by atoms with van der Waals surface area (Å²) in [5.74, 6) is -1.71. The molecule has 200 valence electrons. The molecule has 1 N–H and O–H groups in total. The number of hydrogen-bond donors (Lipinski definition) is 1. The number of hydrogen-bond acceptors (Lipinski definition) is 6. The van der Waals surface area contributed by atoms with Crippen molar-refractivity contribution >= 4 is 56.5 Å². The summed E-state index contributed by atoms with van der Waals surface area (Å²) >= 11 is 6.11. The lowest BCUT2D eigenvalue weighted by Gasteiger charge is -2.33. The third-order valence-corrected chi connectivity index (χ3v) is 9.04. The van der Waals surface area contributed by atoms with Gasteiger partial charge in [0, 0.05) is 29.4 Å². The van der Waals surface area contributed by atoms with E-state index >= 15 is 0 Å². The number of carbonyl (C=O) groups excluding carboxylic acids is 2. The first-order valence-electron chi connectivity index (χ1n) is 13.1. The number of aliphatic hydroxyl groups is 1. The highest BCUT2D eigenvalue weighted by molar-refractivity contribution is 6.31. The molecule has 0 radical (unpaired) electrons. The highest BCUT2D eigenvalue weighted by atomic mass is 35.5. The molecule has 0 aliphatic carbocycles. The van der Waals surface area contributed by atoms with Crippen LogP contribution < -0.4 is 9.64 Å². The van der Waals surface area contributed by atoms with Gasteiger partial charge in [0.15, 0.2) is 5.69 Å². The average molecular weight is 554 g/mol. The maximum absolute atomic E-state index is 14.1. The number of imide groups is 1. The van der Waals surface area contributed by atoms with E-state index in [1.54, 1.807) is 43.5 Å². The minimum absolute atomic E-state index is 0.206. The molecule has 2 amide bonds. The Balaban J connectivity index is 1.22. The number of amides is 2. The number of aromatic nitrogens is 1. The molecule has 2 bridgehead atoms. The number of anilines is 1. The molecule has 40 heavy (non-hydrogen) atoms. The van der Waals surface area contributed by atoms with Gasteiger partial charge >= 0.3 is 0 Å². The lowest BCUT2D eigenvalue weighted by molar-refractivity contribution is -0.134. The second kappa shape index (κ2) is 8.73. The standard InChI is InChI=1S/C31H24ClN3O5/c1-30-25(36)16-31(40-30,12-14-39-24-11-13-34-22-15-17(32)7-8-20(22)24)27-26(30)28(37)35(29(27)38)23-10-9-21(33-2)18-5-3-4-6-19(18)23/h3-11,13,15,25-27,36H,12,14,16H2,1H3/t25?,26-,27+,30?,31?/m1/s1. The highest BCUT2D eigenvalue weighted by Gasteiger charge is 2.77. The molecule has 7 rings (SSSR count). The normalized spacial score (nSPS) is 28.9. The van der Waals surface area contributed by atoms with Crippen LogP contribution in [-0.4, -0.2) is 45.8 Å². The van der Waals surface area contributed by atoms with Crippen LogP contribution in [0.5, 0.6) is 5.75 Å². The van der Waals surface area contributed by atoms with Crippen LogP contribution in [0.4, 0.5) is 11.4 Å². The van der Waals surface area contributed by atoms with Gasteiger partial charge in [-0.15, -0.1) is 0 Å². The molecule has 3 aliphatic heterocycles. The summed E-state index contributed by atoms with van der Waals surface area (Å²) in [6.45, 7) is 9.44. The van der Waals surface area contributed by atoms with Gasteiger partial charge in [0.1, 0.15) is 11.4 Å². The summed E-state index contributed by atoms with van der Waals surface area (Å²) in [6, 6.07) is 17.7. The van der Waals surface area contributed by atoms with Crippen molar-refractivity contribution in [3.05, 3.63) is 83.3 Å². The summed E-state index contributed by atoms with van der Waals surface area (Å²) in [6.07, 6.45) is 1.27. The van der Waals surface area contributed by atoms with Crippen molar-refractivity contribution in [1.29, 1.82) is 0 Å². The van der Waals surface area contributed by atoms with Crippen LogP contribution in [0.1, 0.15) is 19.8 Å². The lowest BCUT2D eigenvalue weighted by Crippen LogP contribution is -2.49. The topological polar surface area (TPSA) is 93.3 Å². The van der Waals surface area contributed by atoms with Gasteiger partial charge in [-0.3, -0.25) is 14.6 Å². The monoisotopic (exact) mass is 553 g/mol. The molecule has 3 aromatic carbocycles. The Morgan fingerprint density at radius 1 is 1.10 bits per heavy atom. The van der Waals surface area contributed by atoms with Gasteiger partial charge in [-0.05, 0) is 48.0 Å². The SMILES string of the molecule is [C-]#[N+]c1ccc(N2C(=O)[C@@H]3[C@H](C2=O)C2(C)OC3(CCOc3ccnc4cc(Cl)ccc34)CC2O)c2ccccc12. The molecule has 3 saturated heterocycles. The Kier molecular flexibility index (Phi) is 5.45. The number of nitrogens with zero attached hydrogens (tertiary/aromatic N) is 3. The van der Waals surface area contributed by atoms with Gasteiger partial charge in [0.05, 0.1) is 47.9 Å². The maximum Gasteiger partial charge on any atom is 0.240 e. The van der Waals surface area contributed by atoms with Crippen LogP contribution in [0, 0.1) is 18.4 Å². The fourth-order valence-electron chi connectivity index (χ4n) is 6.98. The molecule has 3 unspecified atom stereocenters. The second-order valence-corrected chi connectivity index (χ2v) is 11.3. The number of ether oxygens (including phenoxy) is 2. The minimum Gasteiger partial charge on any atom is -0.493 e. The molecule has 8 nitrogen and oxygen atoms in total. The van der Waals surface area contributed by atoms with Gasteiger partial charge in [0.25, 0.3) is 0 Å². The van der Waals surface area contributed by atoms with Crippen molar-refractivity contribution in [2.24, 2.45) is 11.8 Å².